The van der Waals surface area contributed by atoms with Crippen LogP contribution in [-0.2, 0) is 5.54 Å². The summed E-state index contributed by atoms with van der Waals surface area (Å²) < 4.78 is 5.06. The molecule has 0 saturated carbocycles. The van der Waals surface area contributed by atoms with E-state index in [4.69, 9.17) is 15.8 Å². The fourth-order valence-corrected chi connectivity index (χ4v) is 1.11. The molecular weight excluding hydrogens is 178 g/mol. The van der Waals surface area contributed by atoms with E-state index in [0.29, 0.717) is 5.75 Å². The van der Waals surface area contributed by atoms with Crippen molar-refractivity contribution in [2.24, 2.45) is 5.84 Å². The molecule has 1 aromatic carbocycles. The van der Waals surface area contributed by atoms with Crippen molar-refractivity contribution < 1.29 is 4.74 Å². The van der Waals surface area contributed by atoms with Gasteiger partial charge in [0.15, 0.2) is 0 Å². The van der Waals surface area contributed by atoms with Crippen molar-refractivity contribution in [2.45, 2.75) is 12.5 Å². The number of nitrogens with two attached hydrogens (primary N) is 1. The van der Waals surface area contributed by atoms with Crippen LogP contribution in [0.2, 0.25) is 0 Å². The van der Waals surface area contributed by atoms with Crippen molar-refractivity contribution in [3.8, 4) is 11.8 Å². The number of benzene rings is 1. The van der Waals surface area contributed by atoms with Gasteiger partial charge in [0.05, 0.1) is 13.2 Å². The molecule has 0 aliphatic carbocycles. The minimum atomic E-state index is -0.880. The number of ether oxygens (including phenoxy) is 1. The molecule has 74 valence electrons. The molecule has 14 heavy (non-hydrogen) atoms. The van der Waals surface area contributed by atoms with E-state index in [1.807, 2.05) is 18.2 Å². The van der Waals surface area contributed by atoms with Crippen LogP contribution in [0, 0.1) is 11.3 Å². The van der Waals surface area contributed by atoms with Gasteiger partial charge in [-0.05, 0) is 24.6 Å². The Labute approximate surface area is 83.3 Å². The molecule has 4 heteroatoms. The number of methoxy groups -OCH3 is 1. The molecule has 1 aromatic rings. The number of nitrogens with one attached hydrogen (secondary N) is 1. The largest absolute Gasteiger partial charge is 0.497 e. The van der Waals surface area contributed by atoms with Gasteiger partial charge in [0.25, 0.3) is 0 Å². The van der Waals surface area contributed by atoms with Crippen LogP contribution in [0.3, 0.4) is 0 Å². The third-order valence-corrected chi connectivity index (χ3v) is 2.16. The molecule has 1 atom stereocenters. The zero-order valence-corrected chi connectivity index (χ0v) is 8.24. The van der Waals surface area contributed by atoms with Crippen LogP contribution in [0.5, 0.6) is 5.75 Å². The Hall–Kier alpha value is -1.57. The van der Waals surface area contributed by atoms with Crippen LogP contribution in [0.15, 0.2) is 24.3 Å². The smallest absolute Gasteiger partial charge is 0.141 e. The van der Waals surface area contributed by atoms with Gasteiger partial charge in [-0.3, -0.25) is 5.84 Å². The van der Waals surface area contributed by atoms with Crippen LogP contribution in [0.25, 0.3) is 0 Å². The first kappa shape index (κ1) is 10.5. The van der Waals surface area contributed by atoms with E-state index in [0.717, 1.165) is 5.56 Å². The van der Waals surface area contributed by atoms with Crippen LogP contribution in [0.4, 0.5) is 0 Å². The van der Waals surface area contributed by atoms with E-state index < -0.39 is 5.54 Å². The third-order valence-electron chi connectivity index (χ3n) is 2.16. The second-order valence-electron chi connectivity index (χ2n) is 3.11. The molecule has 0 amide bonds. The first-order valence-corrected chi connectivity index (χ1v) is 4.20. The summed E-state index contributed by atoms with van der Waals surface area (Å²) in [6.07, 6.45) is 0. The first-order chi connectivity index (χ1) is 6.66. The molecule has 0 spiro atoms. The van der Waals surface area contributed by atoms with E-state index >= 15 is 0 Å². The van der Waals surface area contributed by atoms with Gasteiger partial charge < -0.3 is 4.74 Å². The average Bonchev–Trinajstić information content (AvgIpc) is 2.28. The van der Waals surface area contributed by atoms with Crippen molar-refractivity contribution in [3.63, 3.8) is 0 Å². The molecule has 0 saturated heterocycles. The molecule has 0 aliphatic heterocycles. The number of nitriles is 1. The Morgan fingerprint density at radius 3 is 2.79 bits per heavy atom. The minimum absolute atomic E-state index is 0.708. The summed E-state index contributed by atoms with van der Waals surface area (Å²) in [5.74, 6) is 6.04. The minimum Gasteiger partial charge on any atom is -0.497 e. The van der Waals surface area contributed by atoms with Gasteiger partial charge in [-0.15, -0.1) is 0 Å². The van der Waals surface area contributed by atoms with E-state index in [9.17, 15) is 0 Å². The summed E-state index contributed by atoms with van der Waals surface area (Å²) >= 11 is 0. The van der Waals surface area contributed by atoms with Gasteiger partial charge >= 0.3 is 0 Å². The molecule has 4 nitrogen and oxygen atoms in total. The van der Waals surface area contributed by atoms with Crippen LogP contribution in [-0.4, -0.2) is 7.11 Å². The van der Waals surface area contributed by atoms with Crippen molar-refractivity contribution in [3.05, 3.63) is 29.8 Å². The molecule has 0 bridgehead atoms. The fraction of sp³-hybridized carbons (Fsp3) is 0.300. The molecule has 1 unspecified atom stereocenters. The Bertz CT molecular complexity index is 359. The van der Waals surface area contributed by atoms with Crippen molar-refractivity contribution >= 4 is 0 Å². The Balaban J connectivity index is 3.12. The summed E-state index contributed by atoms with van der Waals surface area (Å²) in [6, 6.07) is 9.35. The Morgan fingerprint density at radius 1 is 1.57 bits per heavy atom. The Morgan fingerprint density at radius 2 is 2.29 bits per heavy atom. The molecule has 0 aromatic heterocycles. The van der Waals surface area contributed by atoms with Gasteiger partial charge in [0.1, 0.15) is 11.3 Å². The summed E-state index contributed by atoms with van der Waals surface area (Å²) in [5, 5.41) is 8.97. The second-order valence-corrected chi connectivity index (χ2v) is 3.11. The zero-order chi connectivity index (χ0) is 10.6. The normalized spacial score (nSPS) is 14.1. The highest BCUT2D eigenvalue weighted by molar-refractivity contribution is 5.36. The van der Waals surface area contributed by atoms with Gasteiger partial charge in [-0.2, -0.15) is 5.26 Å². The van der Waals surface area contributed by atoms with Gasteiger partial charge in [-0.1, -0.05) is 12.1 Å². The van der Waals surface area contributed by atoms with Crippen molar-refractivity contribution in [1.82, 2.24) is 5.43 Å². The molecule has 3 N–H and O–H groups in total. The van der Waals surface area contributed by atoms with Gasteiger partial charge in [0, 0.05) is 0 Å². The lowest BCUT2D eigenvalue weighted by Crippen LogP contribution is -2.42. The van der Waals surface area contributed by atoms with E-state index in [1.54, 1.807) is 20.1 Å². The molecule has 0 heterocycles. The second kappa shape index (κ2) is 4.09. The quantitative estimate of drug-likeness (QED) is 0.550. The topological polar surface area (TPSA) is 71.1 Å². The predicted octanol–water partition coefficient (Wildman–Crippen LogP) is 0.897. The maximum Gasteiger partial charge on any atom is 0.141 e. The summed E-state index contributed by atoms with van der Waals surface area (Å²) in [4.78, 5) is 0. The predicted molar refractivity (Wildman–Crippen MR) is 53.3 cm³/mol. The average molecular weight is 191 g/mol. The number of hydrazine groups is 1. The molecule has 0 radical (unpaired) electrons. The number of rotatable bonds is 3. The van der Waals surface area contributed by atoms with Crippen LogP contribution >= 0.6 is 0 Å². The van der Waals surface area contributed by atoms with Crippen molar-refractivity contribution in [2.75, 3.05) is 7.11 Å². The lowest BCUT2D eigenvalue weighted by Gasteiger charge is -2.21. The van der Waals surface area contributed by atoms with E-state index in [1.165, 1.54) is 0 Å². The first-order valence-electron chi connectivity index (χ1n) is 4.20. The lowest BCUT2D eigenvalue weighted by molar-refractivity contribution is 0.410. The number of hydrogen-bond acceptors (Lipinski definition) is 4. The monoisotopic (exact) mass is 191 g/mol. The molecule has 0 fully saturated rings. The highest BCUT2D eigenvalue weighted by atomic mass is 16.5. The Kier molecular flexibility index (Phi) is 3.07. The van der Waals surface area contributed by atoms with E-state index in [-0.39, 0.29) is 0 Å². The highest BCUT2D eigenvalue weighted by Gasteiger charge is 2.24. The lowest BCUT2D eigenvalue weighted by atomic mass is 9.94. The molecule has 1 rings (SSSR count). The maximum atomic E-state index is 8.97. The molecule has 0 aliphatic rings. The van der Waals surface area contributed by atoms with Crippen LogP contribution < -0.4 is 16.0 Å². The van der Waals surface area contributed by atoms with E-state index in [2.05, 4.69) is 11.5 Å². The van der Waals surface area contributed by atoms with Gasteiger partial charge in [-0.25, -0.2) is 5.43 Å². The maximum absolute atomic E-state index is 8.97. The fourth-order valence-electron chi connectivity index (χ4n) is 1.11. The highest BCUT2D eigenvalue weighted by Crippen LogP contribution is 2.22. The van der Waals surface area contributed by atoms with Crippen molar-refractivity contribution in [1.29, 1.82) is 5.26 Å². The summed E-state index contributed by atoms with van der Waals surface area (Å²) in [5.41, 5.74) is 2.38. The molecular formula is C10H13N3O. The van der Waals surface area contributed by atoms with Gasteiger partial charge in [0.2, 0.25) is 0 Å². The number of hydrogen-bond donors (Lipinski definition) is 2. The zero-order valence-electron chi connectivity index (χ0n) is 8.24. The summed E-state index contributed by atoms with van der Waals surface area (Å²) in [6.45, 7) is 1.71. The standard InChI is InChI=1S/C10H13N3O/c1-10(7-11,13-12)8-4-3-5-9(6-8)14-2/h3-6,13H,12H2,1-2H3. The van der Waals surface area contributed by atoms with Crippen LogP contribution in [0.1, 0.15) is 12.5 Å². The summed E-state index contributed by atoms with van der Waals surface area (Å²) in [7, 11) is 1.58. The SMILES string of the molecule is COc1cccc(C(C)(C#N)NN)c1. The number of nitrogens with zero attached hydrogens (tertiary/aromatic N) is 1. The third kappa shape index (κ3) is 1.84.